The van der Waals surface area contributed by atoms with Gasteiger partial charge in [0.15, 0.2) is 11.5 Å². The molecule has 2 N–H and O–H groups in total. The van der Waals surface area contributed by atoms with Gasteiger partial charge in [-0.2, -0.15) is 0 Å². The number of benzene rings is 1. The van der Waals surface area contributed by atoms with Crippen molar-refractivity contribution < 1.29 is 23.8 Å². The second-order valence-electron chi connectivity index (χ2n) is 6.03. The molecule has 0 bridgehead atoms. The van der Waals surface area contributed by atoms with Crippen LogP contribution in [0.4, 0.5) is 5.69 Å². The zero-order valence-electron chi connectivity index (χ0n) is 15.0. The summed E-state index contributed by atoms with van der Waals surface area (Å²) in [5.41, 5.74) is 0.399. The smallest absolute Gasteiger partial charge is 0.313 e. The molecule has 1 aromatic rings. The summed E-state index contributed by atoms with van der Waals surface area (Å²) >= 11 is 0. The van der Waals surface area contributed by atoms with Crippen LogP contribution >= 0.6 is 0 Å². The van der Waals surface area contributed by atoms with Gasteiger partial charge in [-0.05, 0) is 12.8 Å². The molecular weight excluding hydrogens is 324 g/mol. The summed E-state index contributed by atoms with van der Waals surface area (Å²) in [6.07, 6.45) is 6.37. The summed E-state index contributed by atoms with van der Waals surface area (Å²) in [4.78, 5) is 24.3. The van der Waals surface area contributed by atoms with Crippen LogP contribution in [0.5, 0.6) is 17.2 Å². The van der Waals surface area contributed by atoms with E-state index in [-0.39, 0.29) is 6.04 Å². The van der Waals surface area contributed by atoms with Gasteiger partial charge in [0.05, 0.1) is 21.3 Å². The van der Waals surface area contributed by atoms with Crippen molar-refractivity contribution in [3.8, 4) is 17.2 Å². The van der Waals surface area contributed by atoms with Crippen molar-refractivity contribution in [3.05, 3.63) is 12.1 Å². The number of hydrogen-bond acceptors (Lipinski definition) is 5. The van der Waals surface area contributed by atoms with Crippen LogP contribution in [0, 0.1) is 0 Å². The van der Waals surface area contributed by atoms with E-state index in [1.54, 1.807) is 12.1 Å². The van der Waals surface area contributed by atoms with Gasteiger partial charge in [-0.15, -0.1) is 0 Å². The highest BCUT2D eigenvalue weighted by molar-refractivity contribution is 6.39. The molecule has 0 saturated heterocycles. The lowest BCUT2D eigenvalue weighted by atomic mass is 10.1. The number of amides is 2. The van der Waals surface area contributed by atoms with E-state index in [2.05, 4.69) is 10.6 Å². The lowest BCUT2D eigenvalue weighted by Crippen LogP contribution is -2.41. The highest BCUT2D eigenvalue weighted by Gasteiger charge is 2.21. The molecule has 7 nitrogen and oxygen atoms in total. The summed E-state index contributed by atoms with van der Waals surface area (Å²) in [6.45, 7) is 0. The Morgan fingerprint density at radius 2 is 1.44 bits per heavy atom. The predicted octanol–water partition coefficient (Wildman–Crippen LogP) is 2.49. The van der Waals surface area contributed by atoms with Crippen molar-refractivity contribution in [2.24, 2.45) is 0 Å². The molecular formula is C18H26N2O5. The summed E-state index contributed by atoms with van der Waals surface area (Å²) in [7, 11) is 4.47. The minimum atomic E-state index is -0.710. The third-order valence-corrected chi connectivity index (χ3v) is 4.32. The zero-order valence-corrected chi connectivity index (χ0v) is 15.0. The van der Waals surface area contributed by atoms with Gasteiger partial charge in [0.25, 0.3) is 0 Å². The largest absolute Gasteiger partial charge is 0.493 e. The Morgan fingerprint density at radius 1 is 0.880 bits per heavy atom. The van der Waals surface area contributed by atoms with Gasteiger partial charge in [-0.25, -0.2) is 0 Å². The van der Waals surface area contributed by atoms with Crippen molar-refractivity contribution in [1.29, 1.82) is 0 Å². The number of carbonyl (C=O) groups is 2. The SMILES string of the molecule is COc1cc(NC(=O)C(=O)NC2CCCCCC2)cc(OC)c1OC. The minimum absolute atomic E-state index is 0.0701. The quantitative estimate of drug-likeness (QED) is 0.629. The van der Waals surface area contributed by atoms with Crippen LogP contribution in [0.25, 0.3) is 0 Å². The molecule has 1 saturated carbocycles. The first-order valence-corrected chi connectivity index (χ1v) is 8.51. The lowest BCUT2D eigenvalue weighted by molar-refractivity contribution is -0.136. The summed E-state index contributed by atoms with van der Waals surface area (Å²) in [5, 5.41) is 5.40. The van der Waals surface area contributed by atoms with Crippen LogP contribution in [-0.2, 0) is 9.59 Å². The van der Waals surface area contributed by atoms with E-state index >= 15 is 0 Å². The predicted molar refractivity (Wildman–Crippen MR) is 94.4 cm³/mol. The molecule has 0 heterocycles. The number of carbonyl (C=O) groups excluding carboxylic acids is 2. The molecule has 1 aliphatic rings. The highest BCUT2D eigenvalue weighted by atomic mass is 16.5. The van der Waals surface area contributed by atoms with E-state index in [9.17, 15) is 9.59 Å². The number of hydrogen-bond donors (Lipinski definition) is 2. The average Bonchev–Trinajstić information content (AvgIpc) is 2.89. The van der Waals surface area contributed by atoms with Crippen LogP contribution in [0.15, 0.2) is 12.1 Å². The van der Waals surface area contributed by atoms with Crippen LogP contribution in [0.2, 0.25) is 0 Å². The molecule has 0 aromatic heterocycles. The number of methoxy groups -OCH3 is 3. The van der Waals surface area contributed by atoms with Gasteiger partial charge in [0.2, 0.25) is 5.75 Å². The van der Waals surface area contributed by atoms with Gasteiger partial charge in [0, 0.05) is 23.9 Å². The van der Waals surface area contributed by atoms with E-state index in [1.165, 1.54) is 34.2 Å². The second-order valence-corrected chi connectivity index (χ2v) is 6.03. The van der Waals surface area contributed by atoms with Crippen LogP contribution in [0.3, 0.4) is 0 Å². The van der Waals surface area contributed by atoms with E-state index < -0.39 is 11.8 Å². The molecule has 1 aliphatic carbocycles. The van der Waals surface area contributed by atoms with Crippen molar-refractivity contribution >= 4 is 17.5 Å². The maximum absolute atomic E-state index is 12.2. The Morgan fingerprint density at radius 3 is 1.92 bits per heavy atom. The molecule has 1 aromatic carbocycles. The first-order valence-electron chi connectivity index (χ1n) is 8.51. The summed E-state index contributed by atoms with van der Waals surface area (Å²) in [6, 6.07) is 3.23. The summed E-state index contributed by atoms with van der Waals surface area (Å²) < 4.78 is 15.7. The minimum Gasteiger partial charge on any atom is -0.493 e. The molecule has 0 unspecified atom stereocenters. The Balaban J connectivity index is 2.04. The molecule has 0 spiro atoms. The fourth-order valence-electron chi connectivity index (χ4n) is 3.02. The van der Waals surface area contributed by atoms with E-state index in [0.717, 1.165) is 25.7 Å². The molecule has 25 heavy (non-hydrogen) atoms. The van der Waals surface area contributed by atoms with Gasteiger partial charge in [0.1, 0.15) is 0 Å². The number of nitrogens with one attached hydrogen (secondary N) is 2. The Labute approximate surface area is 148 Å². The fraction of sp³-hybridized carbons (Fsp3) is 0.556. The first-order chi connectivity index (χ1) is 12.1. The Kier molecular flexibility index (Phi) is 6.91. The van der Waals surface area contributed by atoms with E-state index in [4.69, 9.17) is 14.2 Å². The van der Waals surface area contributed by atoms with Crippen LogP contribution < -0.4 is 24.8 Å². The summed E-state index contributed by atoms with van der Waals surface area (Å²) in [5.74, 6) is -0.104. The van der Waals surface area contributed by atoms with E-state index in [0.29, 0.717) is 22.9 Å². The second kappa shape index (κ2) is 9.15. The van der Waals surface area contributed by atoms with E-state index in [1.807, 2.05) is 0 Å². The van der Waals surface area contributed by atoms with Crippen LogP contribution in [-0.4, -0.2) is 39.2 Å². The third kappa shape index (κ3) is 5.01. The normalized spacial score (nSPS) is 15.0. The number of ether oxygens (including phenoxy) is 3. The third-order valence-electron chi connectivity index (χ3n) is 4.32. The molecule has 2 amide bonds. The standard InChI is InChI=1S/C18H26N2O5/c1-23-14-10-13(11-15(24-2)16(14)25-3)20-18(22)17(21)19-12-8-6-4-5-7-9-12/h10-12H,4-9H2,1-3H3,(H,19,21)(H,20,22). The molecule has 7 heteroatoms. The molecule has 2 rings (SSSR count). The topological polar surface area (TPSA) is 85.9 Å². The molecule has 0 aliphatic heterocycles. The molecule has 138 valence electrons. The Hall–Kier alpha value is -2.44. The Bertz CT molecular complexity index is 584. The monoisotopic (exact) mass is 350 g/mol. The van der Waals surface area contributed by atoms with Crippen LogP contribution in [0.1, 0.15) is 38.5 Å². The van der Waals surface area contributed by atoms with Crippen molar-refractivity contribution in [2.75, 3.05) is 26.6 Å². The molecule has 0 atom stereocenters. The fourth-order valence-corrected chi connectivity index (χ4v) is 3.02. The first kappa shape index (κ1) is 18.9. The maximum Gasteiger partial charge on any atom is 0.313 e. The van der Waals surface area contributed by atoms with Crippen molar-refractivity contribution in [2.45, 2.75) is 44.6 Å². The lowest BCUT2D eigenvalue weighted by Gasteiger charge is -2.17. The maximum atomic E-state index is 12.2. The van der Waals surface area contributed by atoms with Gasteiger partial charge >= 0.3 is 11.8 Å². The van der Waals surface area contributed by atoms with Gasteiger partial charge in [-0.3, -0.25) is 9.59 Å². The molecule has 1 fully saturated rings. The van der Waals surface area contributed by atoms with Crippen molar-refractivity contribution in [1.82, 2.24) is 5.32 Å². The zero-order chi connectivity index (χ0) is 18.2. The number of rotatable bonds is 5. The molecule has 0 radical (unpaired) electrons. The van der Waals surface area contributed by atoms with Gasteiger partial charge < -0.3 is 24.8 Å². The average molecular weight is 350 g/mol. The van der Waals surface area contributed by atoms with Gasteiger partial charge in [-0.1, -0.05) is 25.7 Å². The highest BCUT2D eigenvalue weighted by Crippen LogP contribution is 2.39. The number of anilines is 1. The van der Waals surface area contributed by atoms with Crippen molar-refractivity contribution in [3.63, 3.8) is 0 Å².